The van der Waals surface area contributed by atoms with Gasteiger partial charge in [0.25, 0.3) is 0 Å². The van der Waals surface area contributed by atoms with Crippen LogP contribution in [0.5, 0.6) is 0 Å². The molecule has 6 heteroatoms. The maximum absolute atomic E-state index is 10.1. The maximum atomic E-state index is 10.1. The molecule has 3 rings (SSSR count). The van der Waals surface area contributed by atoms with Gasteiger partial charge in [-0.25, -0.2) is 0 Å². The molecule has 2 atom stereocenters. The largest absolute Gasteiger partial charge is 0.391 e. The Labute approximate surface area is 119 Å². The van der Waals surface area contributed by atoms with Gasteiger partial charge in [0.05, 0.1) is 12.6 Å². The van der Waals surface area contributed by atoms with E-state index in [9.17, 15) is 5.11 Å². The van der Waals surface area contributed by atoms with E-state index in [1.165, 1.54) is 12.8 Å². The molecule has 6 nitrogen and oxygen atoms in total. The van der Waals surface area contributed by atoms with Crippen molar-refractivity contribution in [2.45, 2.75) is 51.3 Å². The van der Waals surface area contributed by atoms with E-state index in [0.717, 1.165) is 51.4 Å². The van der Waals surface area contributed by atoms with Crippen LogP contribution in [0.2, 0.25) is 0 Å². The van der Waals surface area contributed by atoms with Gasteiger partial charge < -0.3 is 9.63 Å². The van der Waals surface area contributed by atoms with Crippen LogP contribution in [0.4, 0.5) is 0 Å². The lowest BCUT2D eigenvalue weighted by Crippen LogP contribution is -2.54. The molecule has 1 aromatic rings. The first-order chi connectivity index (χ1) is 9.72. The standard InChI is InChI=1S/C14H24N4O2/c1-11-15-14(16-20-11)10-17-6-8-18(9-7-17)12-4-2-3-5-13(12)19/h12-13,19H,2-10H2,1H3. The zero-order valence-electron chi connectivity index (χ0n) is 12.2. The van der Waals surface area contributed by atoms with Crippen LogP contribution in [0.15, 0.2) is 4.52 Å². The summed E-state index contributed by atoms with van der Waals surface area (Å²) >= 11 is 0. The van der Waals surface area contributed by atoms with E-state index < -0.39 is 0 Å². The molecule has 0 bridgehead atoms. The van der Waals surface area contributed by atoms with Crippen molar-refractivity contribution in [1.82, 2.24) is 19.9 Å². The summed E-state index contributed by atoms with van der Waals surface area (Å²) in [6, 6.07) is 0.373. The van der Waals surface area contributed by atoms with Gasteiger partial charge in [-0.1, -0.05) is 18.0 Å². The van der Waals surface area contributed by atoms with Crippen LogP contribution in [-0.4, -0.2) is 63.4 Å². The third-order valence-electron chi connectivity index (χ3n) is 4.50. The highest BCUT2D eigenvalue weighted by atomic mass is 16.5. The molecule has 0 amide bonds. The molecule has 1 saturated carbocycles. The molecule has 1 N–H and O–H groups in total. The number of hydrogen-bond acceptors (Lipinski definition) is 6. The summed E-state index contributed by atoms with van der Waals surface area (Å²) in [4.78, 5) is 9.07. The van der Waals surface area contributed by atoms with E-state index in [2.05, 4.69) is 19.9 Å². The van der Waals surface area contributed by atoms with Crippen molar-refractivity contribution in [2.24, 2.45) is 0 Å². The number of aromatic nitrogens is 2. The van der Waals surface area contributed by atoms with Crippen molar-refractivity contribution >= 4 is 0 Å². The second-order valence-corrected chi connectivity index (χ2v) is 5.96. The average molecular weight is 280 g/mol. The van der Waals surface area contributed by atoms with Crippen LogP contribution < -0.4 is 0 Å². The zero-order chi connectivity index (χ0) is 13.9. The molecule has 1 aromatic heterocycles. The number of aryl methyl sites for hydroxylation is 1. The Hall–Kier alpha value is -0.980. The SMILES string of the molecule is Cc1nc(CN2CCN(C3CCCCC3O)CC2)no1. The lowest BCUT2D eigenvalue weighted by atomic mass is 9.91. The van der Waals surface area contributed by atoms with Gasteiger partial charge in [0, 0.05) is 39.1 Å². The number of aliphatic hydroxyl groups excluding tert-OH is 1. The van der Waals surface area contributed by atoms with Gasteiger partial charge in [0.1, 0.15) is 0 Å². The highest BCUT2D eigenvalue weighted by molar-refractivity contribution is 4.89. The van der Waals surface area contributed by atoms with Crippen molar-refractivity contribution < 1.29 is 9.63 Å². The van der Waals surface area contributed by atoms with Crippen LogP contribution in [-0.2, 0) is 6.54 Å². The Morgan fingerprint density at radius 2 is 1.95 bits per heavy atom. The molecular formula is C14H24N4O2. The van der Waals surface area contributed by atoms with Crippen LogP contribution in [0, 0.1) is 6.92 Å². The first kappa shape index (κ1) is 14.0. The summed E-state index contributed by atoms with van der Waals surface area (Å²) in [6.45, 7) is 6.65. The maximum Gasteiger partial charge on any atom is 0.223 e. The highest BCUT2D eigenvalue weighted by Crippen LogP contribution is 2.24. The zero-order valence-corrected chi connectivity index (χ0v) is 12.2. The number of rotatable bonds is 3. The van der Waals surface area contributed by atoms with Crippen LogP contribution in [0.1, 0.15) is 37.4 Å². The fraction of sp³-hybridized carbons (Fsp3) is 0.857. The molecule has 112 valence electrons. The number of piperazine rings is 1. The van der Waals surface area contributed by atoms with Gasteiger partial charge in [-0.2, -0.15) is 4.98 Å². The average Bonchev–Trinajstić information content (AvgIpc) is 2.86. The minimum atomic E-state index is -0.129. The quantitative estimate of drug-likeness (QED) is 0.883. The Balaban J connectivity index is 1.49. The monoisotopic (exact) mass is 280 g/mol. The van der Waals surface area contributed by atoms with Gasteiger partial charge in [-0.05, 0) is 12.8 Å². The molecule has 1 saturated heterocycles. The number of nitrogens with zero attached hydrogens (tertiary/aromatic N) is 4. The first-order valence-corrected chi connectivity index (χ1v) is 7.66. The van der Waals surface area contributed by atoms with Crippen LogP contribution >= 0.6 is 0 Å². The molecule has 2 unspecified atom stereocenters. The molecule has 2 heterocycles. The van der Waals surface area contributed by atoms with Gasteiger partial charge in [0.2, 0.25) is 5.89 Å². The highest BCUT2D eigenvalue weighted by Gasteiger charge is 2.30. The summed E-state index contributed by atoms with van der Waals surface area (Å²) in [5.74, 6) is 1.40. The lowest BCUT2D eigenvalue weighted by Gasteiger charge is -2.42. The van der Waals surface area contributed by atoms with Gasteiger partial charge in [-0.3, -0.25) is 9.80 Å². The fourth-order valence-electron chi connectivity index (χ4n) is 3.38. The Kier molecular flexibility index (Phi) is 4.33. The fourth-order valence-corrected chi connectivity index (χ4v) is 3.38. The Morgan fingerprint density at radius 3 is 2.60 bits per heavy atom. The van der Waals surface area contributed by atoms with E-state index in [0.29, 0.717) is 11.9 Å². The Morgan fingerprint density at radius 1 is 1.20 bits per heavy atom. The molecular weight excluding hydrogens is 256 g/mol. The van der Waals surface area contributed by atoms with E-state index >= 15 is 0 Å². The molecule has 0 spiro atoms. The summed E-state index contributed by atoms with van der Waals surface area (Å²) in [6.07, 6.45) is 4.41. The van der Waals surface area contributed by atoms with E-state index in [1.54, 1.807) is 0 Å². The van der Waals surface area contributed by atoms with Crippen LogP contribution in [0.25, 0.3) is 0 Å². The summed E-state index contributed by atoms with van der Waals surface area (Å²) in [7, 11) is 0. The summed E-state index contributed by atoms with van der Waals surface area (Å²) in [5, 5.41) is 14.1. The minimum Gasteiger partial charge on any atom is -0.391 e. The predicted molar refractivity (Wildman–Crippen MR) is 74.1 cm³/mol. The molecule has 0 radical (unpaired) electrons. The lowest BCUT2D eigenvalue weighted by molar-refractivity contribution is -0.00515. The molecule has 2 aliphatic rings. The molecule has 0 aromatic carbocycles. The van der Waals surface area contributed by atoms with Crippen molar-refractivity contribution in [3.8, 4) is 0 Å². The van der Waals surface area contributed by atoms with Gasteiger partial charge in [0.15, 0.2) is 5.82 Å². The number of aliphatic hydroxyl groups is 1. The van der Waals surface area contributed by atoms with E-state index in [4.69, 9.17) is 4.52 Å². The van der Waals surface area contributed by atoms with Crippen molar-refractivity contribution in [1.29, 1.82) is 0 Å². The molecule has 1 aliphatic carbocycles. The van der Waals surface area contributed by atoms with Gasteiger partial charge in [-0.15, -0.1) is 0 Å². The minimum absolute atomic E-state index is 0.129. The van der Waals surface area contributed by atoms with Crippen molar-refractivity contribution in [3.63, 3.8) is 0 Å². The molecule has 2 fully saturated rings. The summed E-state index contributed by atoms with van der Waals surface area (Å²) in [5.41, 5.74) is 0. The predicted octanol–water partition coefficient (Wildman–Crippen LogP) is 0.799. The Bertz CT molecular complexity index is 429. The normalized spacial score (nSPS) is 29.7. The van der Waals surface area contributed by atoms with Gasteiger partial charge >= 0.3 is 0 Å². The third kappa shape index (κ3) is 3.19. The van der Waals surface area contributed by atoms with Crippen molar-refractivity contribution in [2.75, 3.05) is 26.2 Å². The molecule has 20 heavy (non-hydrogen) atoms. The summed E-state index contributed by atoms with van der Waals surface area (Å²) < 4.78 is 5.01. The second kappa shape index (κ2) is 6.20. The van der Waals surface area contributed by atoms with E-state index in [1.807, 2.05) is 6.92 Å². The molecule has 1 aliphatic heterocycles. The smallest absolute Gasteiger partial charge is 0.223 e. The second-order valence-electron chi connectivity index (χ2n) is 5.96. The van der Waals surface area contributed by atoms with Crippen molar-refractivity contribution in [3.05, 3.63) is 11.7 Å². The van der Waals surface area contributed by atoms with E-state index in [-0.39, 0.29) is 6.10 Å². The van der Waals surface area contributed by atoms with Crippen LogP contribution in [0.3, 0.4) is 0 Å². The first-order valence-electron chi connectivity index (χ1n) is 7.66. The third-order valence-corrected chi connectivity index (χ3v) is 4.50. The number of hydrogen-bond donors (Lipinski definition) is 1. The topological polar surface area (TPSA) is 65.6 Å².